The summed E-state index contributed by atoms with van der Waals surface area (Å²) in [6.07, 6.45) is 5.05. The lowest BCUT2D eigenvalue weighted by atomic mass is 9.87. The van der Waals surface area contributed by atoms with Crippen molar-refractivity contribution in [1.82, 2.24) is 14.8 Å². The quantitative estimate of drug-likeness (QED) is 0.742. The molecule has 0 bridgehead atoms. The second-order valence-corrected chi connectivity index (χ2v) is 5.32. The Labute approximate surface area is 126 Å². The van der Waals surface area contributed by atoms with Crippen LogP contribution in [0.5, 0.6) is 0 Å². The number of furan rings is 1. The molecule has 0 spiro atoms. The summed E-state index contributed by atoms with van der Waals surface area (Å²) < 4.78 is 7.21. The number of pyridine rings is 1. The van der Waals surface area contributed by atoms with Crippen molar-refractivity contribution < 1.29 is 4.42 Å². The van der Waals surface area contributed by atoms with E-state index in [-0.39, 0.29) is 5.82 Å². The van der Waals surface area contributed by atoms with E-state index in [4.69, 9.17) is 10.2 Å². The molecule has 6 heteroatoms. The van der Waals surface area contributed by atoms with Crippen LogP contribution in [0.1, 0.15) is 16.9 Å². The molecule has 108 valence electrons. The smallest absolute Gasteiger partial charge is 0.142 e. The molecule has 0 fully saturated rings. The van der Waals surface area contributed by atoms with Gasteiger partial charge in [-0.3, -0.25) is 4.68 Å². The number of hydrogen-bond donors (Lipinski definition) is 1. The zero-order valence-corrected chi connectivity index (χ0v) is 12.0. The molecule has 3 aromatic rings. The molecule has 3 aromatic heterocycles. The number of aryl methyl sites for hydroxylation is 2. The Morgan fingerprint density at radius 1 is 1.36 bits per heavy atom. The molecule has 0 radical (unpaired) electrons. The summed E-state index contributed by atoms with van der Waals surface area (Å²) in [5, 5.41) is 13.9. The van der Waals surface area contributed by atoms with Gasteiger partial charge in [-0.25, -0.2) is 4.98 Å². The molecule has 0 unspecified atom stereocenters. The first-order valence-corrected chi connectivity index (χ1v) is 6.98. The molecule has 0 amide bonds. The van der Waals surface area contributed by atoms with Crippen LogP contribution in [0.25, 0.3) is 22.5 Å². The van der Waals surface area contributed by atoms with Gasteiger partial charge in [0.2, 0.25) is 0 Å². The van der Waals surface area contributed by atoms with Crippen LogP contribution in [0.2, 0.25) is 0 Å². The van der Waals surface area contributed by atoms with Gasteiger partial charge in [-0.1, -0.05) is 0 Å². The number of aromatic nitrogens is 3. The fraction of sp³-hybridized carbons (Fsp3) is 0.188. The molecular formula is C16H13N5O. The van der Waals surface area contributed by atoms with Crippen molar-refractivity contribution in [3.63, 3.8) is 0 Å². The lowest BCUT2D eigenvalue weighted by molar-refractivity contribution is 0.507. The van der Waals surface area contributed by atoms with Crippen LogP contribution in [-0.4, -0.2) is 14.8 Å². The molecule has 4 rings (SSSR count). The Hall–Kier alpha value is -3.07. The predicted molar refractivity (Wildman–Crippen MR) is 80.7 cm³/mol. The van der Waals surface area contributed by atoms with E-state index in [1.165, 1.54) is 0 Å². The number of nitrogen functional groups attached to an aromatic ring is 1. The number of anilines is 1. The maximum Gasteiger partial charge on any atom is 0.142 e. The molecule has 0 aliphatic heterocycles. The monoisotopic (exact) mass is 291 g/mol. The average molecular weight is 291 g/mol. The van der Waals surface area contributed by atoms with Crippen LogP contribution in [-0.2, 0) is 19.9 Å². The topological polar surface area (TPSA) is 93.7 Å². The number of hydrogen-bond acceptors (Lipinski definition) is 5. The summed E-state index contributed by atoms with van der Waals surface area (Å²) in [6.45, 7) is 0. The van der Waals surface area contributed by atoms with Gasteiger partial charge in [0.25, 0.3) is 0 Å². The Morgan fingerprint density at radius 3 is 2.95 bits per heavy atom. The van der Waals surface area contributed by atoms with Crippen LogP contribution in [0.4, 0.5) is 5.82 Å². The van der Waals surface area contributed by atoms with E-state index in [0.29, 0.717) is 5.56 Å². The van der Waals surface area contributed by atoms with Crippen LogP contribution < -0.4 is 5.73 Å². The highest BCUT2D eigenvalue weighted by Gasteiger charge is 2.27. The molecule has 0 saturated heterocycles. The number of rotatable bonds is 1. The summed E-state index contributed by atoms with van der Waals surface area (Å²) >= 11 is 0. The van der Waals surface area contributed by atoms with E-state index in [0.717, 1.165) is 46.7 Å². The van der Waals surface area contributed by atoms with Gasteiger partial charge in [0.15, 0.2) is 0 Å². The SMILES string of the molecule is Cn1ccc(-c2c(C#N)c(N)nc3c2CCc2occc2-3)n1. The highest BCUT2D eigenvalue weighted by atomic mass is 16.3. The molecule has 2 N–H and O–H groups in total. The fourth-order valence-corrected chi connectivity index (χ4v) is 3.04. The van der Waals surface area contributed by atoms with Gasteiger partial charge >= 0.3 is 0 Å². The molecule has 1 aliphatic carbocycles. The molecular weight excluding hydrogens is 278 g/mol. The summed E-state index contributed by atoms with van der Waals surface area (Å²) in [4.78, 5) is 4.45. The first-order valence-electron chi connectivity index (χ1n) is 6.98. The summed E-state index contributed by atoms with van der Waals surface area (Å²) in [7, 11) is 1.85. The van der Waals surface area contributed by atoms with Crippen LogP contribution in [0, 0.1) is 11.3 Å². The van der Waals surface area contributed by atoms with Crippen molar-refractivity contribution in [2.24, 2.45) is 7.05 Å². The molecule has 22 heavy (non-hydrogen) atoms. The van der Waals surface area contributed by atoms with Crippen molar-refractivity contribution in [3.05, 3.63) is 41.5 Å². The first-order chi connectivity index (χ1) is 10.7. The van der Waals surface area contributed by atoms with Gasteiger partial charge in [0, 0.05) is 30.8 Å². The van der Waals surface area contributed by atoms with Gasteiger partial charge in [0.1, 0.15) is 23.2 Å². The highest BCUT2D eigenvalue weighted by Crippen LogP contribution is 2.40. The Kier molecular flexibility index (Phi) is 2.57. The van der Waals surface area contributed by atoms with E-state index >= 15 is 0 Å². The Morgan fingerprint density at radius 2 is 2.23 bits per heavy atom. The maximum atomic E-state index is 9.50. The second-order valence-electron chi connectivity index (χ2n) is 5.32. The average Bonchev–Trinajstić information content (AvgIpc) is 3.14. The fourth-order valence-electron chi connectivity index (χ4n) is 3.04. The minimum atomic E-state index is 0.232. The summed E-state index contributed by atoms with van der Waals surface area (Å²) in [6, 6.07) is 5.97. The zero-order chi connectivity index (χ0) is 15.3. The molecule has 0 atom stereocenters. The molecule has 6 nitrogen and oxygen atoms in total. The van der Waals surface area contributed by atoms with Crippen LogP contribution in [0.3, 0.4) is 0 Å². The lowest BCUT2D eigenvalue weighted by Crippen LogP contribution is -2.10. The standard InChI is InChI=1S/C16H13N5O/c1-21-6-4-12(20-21)14-10-2-3-13-9(5-7-22-13)15(10)19-16(18)11(14)8-17/h4-7H,2-3H2,1H3,(H2,18,19). The zero-order valence-electron chi connectivity index (χ0n) is 12.0. The molecule has 0 aromatic carbocycles. The third-order valence-electron chi connectivity index (χ3n) is 4.01. The summed E-state index contributed by atoms with van der Waals surface area (Å²) in [5.74, 6) is 1.15. The van der Waals surface area contributed by atoms with Gasteiger partial charge < -0.3 is 10.2 Å². The van der Waals surface area contributed by atoms with E-state index in [1.807, 2.05) is 25.4 Å². The van der Waals surface area contributed by atoms with E-state index in [1.54, 1.807) is 10.9 Å². The minimum absolute atomic E-state index is 0.232. The minimum Gasteiger partial charge on any atom is -0.469 e. The van der Waals surface area contributed by atoms with Crippen molar-refractivity contribution >= 4 is 5.82 Å². The third kappa shape index (κ3) is 1.66. The van der Waals surface area contributed by atoms with Gasteiger partial charge in [-0.2, -0.15) is 10.4 Å². The van der Waals surface area contributed by atoms with Gasteiger partial charge in [-0.05, 0) is 24.1 Å². The molecule has 1 aliphatic rings. The van der Waals surface area contributed by atoms with Gasteiger partial charge in [0.05, 0.1) is 17.7 Å². The van der Waals surface area contributed by atoms with Crippen LogP contribution in [0.15, 0.2) is 29.0 Å². The summed E-state index contributed by atoms with van der Waals surface area (Å²) in [5.41, 5.74) is 10.7. The number of nitriles is 1. The predicted octanol–water partition coefficient (Wildman–Crippen LogP) is 2.29. The van der Waals surface area contributed by atoms with Gasteiger partial charge in [-0.15, -0.1) is 0 Å². The normalized spacial score (nSPS) is 12.5. The van der Waals surface area contributed by atoms with Crippen molar-refractivity contribution in [1.29, 1.82) is 5.26 Å². The first kappa shape index (κ1) is 12.7. The number of nitrogens with two attached hydrogens (primary N) is 1. The maximum absolute atomic E-state index is 9.50. The lowest BCUT2D eigenvalue weighted by Gasteiger charge is -2.19. The Balaban J connectivity index is 2.08. The number of nitrogens with zero attached hydrogens (tertiary/aromatic N) is 4. The highest BCUT2D eigenvalue weighted by molar-refractivity contribution is 5.84. The largest absolute Gasteiger partial charge is 0.469 e. The Bertz CT molecular complexity index is 929. The van der Waals surface area contributed by atoms with Crippen molar-refractivity contribution in [2.75, 3.05) is 5.73 Å². The van der Waals surface area contributed by atoms with E-state index < -0.39 is 0 Å². The third-order valence-corrected chi connectivity index (χ3v) is 4.01. The van der Waals surface area contributed by atoms with Crippen molar-refractivity contribution in [3.8, 4) is 28.6 Å². The van der Waals surface area contributed by atoms with E-state index in [9.17, 15) is 5.26 Å². The second kappa shape index (κ2) is 4.46. The number of fused-ring (bicyclic) bond motifs is 3. The van der Waals surface area contributed by atoms with Crippen molar-refractivity contribution in [2.45, 2.75) is 12.8 Å². The van der Waals surface area contributed by atoms with Crippen LogP contribution >= 0.6 is 0 Å². The molecule has 0 saturated carbocycles. The molecule has 3 heterocycles. The van der Waals surface area contributed by atoms with E-state index in [2.05, 4.69) is 16.2 Å².